The van der Waals surface area contributed by atoms with Gasteiger partial charge in [-0.2, -0.15) is 0 Å². The molecule has 41 heavy (non-hydrogen) atoms. The van der Waals surface area contributed by atoms with E-state index in [4.69, 9.17) is 16.3 Å². The zero-order chi connectivity index (χ0) is 29.4. The number of rotatable bonds is 12. The fourth-order valence-corrected chi connectivity index (χ4v) is 7.73. The van der Waals surface area contributed by atoms with Crippen LogP contribution in [0.4, 0.5) is 4.79 Å². The van der Waals surface area contributed by atoms with Crippen molar-refractivity contribution in [1.82, 2.24) is 15.4 Å². The molecule has 1 saturated heterocycles. The molecule has 0 aromatic heterocycles. The van der Waals surface area contributed by atoms with Crippen LogP contribution in [-0.2, 0) is 25.5 Å². The molecule has 1 aromatic carbocycles. The highest BCUT2D eigenvalue weighted by Gasteiger charge is 2.39. The van der Waals surface area contributed by atoms with E-state index in [1.54, 1.807) is 0 Å². The van der Waals surface area contributed by atoms with E-state index in [0.29, 0.717) is 30.1 Å². The molecule has 3 N–H and O–H groups in total. The molecule has 3 fully saturated rings. The lowest BCUT2D eigenvalue weighted by molar-refractivity contribution is -0.126. The van der Waals surface area contributed by atoms with Gasteiger partial charge in [0.1, 0.15) is 17.6 Å². The van der Waals surface area contributed by atoms with Crippen molar-refractivity contribution in [3.05, 3.63) is 34.9 Å². The van der Waals surface area contributed by atoms with Gasteiger partial charge >= 0.3 is 6.09 Å². The van der Waals surface area contributed by atoms with Crippen molar-refractivity contribution in [3.63, 3.8) is 0 Å². The minimum absolute atomic E-state index is 0.0887. The van der Waals surface area contributed by atoms with Gasteiger partial charge in [0.05, 0.1) is 6.04 Å². The summed E-state index contributed by atoms with van der Waals surface area (Å²) in [5.74, 6) is -0.108. The summed E-state index contributed by atoms with van der Waals surface area (Å²) in [7, 11) is 0. The highest BCUT2D eigenvalue weighted by atomic mass is 35.5. The topological polar surface area (TPSA) is 114 Å². The van der Waals surface area contributed by atoms with Crippen LogP contribution in [0.15, 0.2) is 24.3 Å². The molecule has 4 rings (SSSR count). The van der Waals surface area contributed by atoms with E-state index in [-0.39, 0.29) is 41.7 Å². The van der Waals surface area contributed by atoms with Crippen molar-refractivity contribution in [3.8, 4) is 0 Å². The number of aldehydes is 1. The third-order valence-corrected chi connectivity index (χ3v) is 9.91. The van der Waals surface area contributed by atoms with Crippen LogP contribution in [0.25, 0.3) is 0 Å². The molecular formula is C31H44ClN3O5S. The van der Waals surface area contributed by atoms with Crippen LogP contribution in [0.3, 0.4) is 0 Å². The van der Waals surface area contributed by atoms with Crippen LogP contribution in [-0.4, -0.2) is 47.1 Å². The Labute approximate surface area is 253 Å². The Morgan fingerprint density at radius 3 is 2.61 bits per heavy atom. The van der Waals surface area contributed by atoms with Gasteiger partial charge < -0.3 is 20.2 Å². The van der Waals surface area contributed by atoms with Crippen molar-refractivity contribution >= 4 is 47.7 Å². The van der Waals surface area contributed by atoms with Gasteiger partial charge in [-0.1, -0.05) is 55.8 Å². The van der Waals surface area contributed by atoms with E-state index >= 15 is 0 Å². The zero-order valence-electron chi connectivity index (χ0n) is 24.2. The van der Waals surface area contributed by atoms with Gasteiger partial charge in [-0.05, 0) is 94.4 Å². The molecular weight excluding hydrogens is 562 g/mol. The molecule has 8 nitrogen and oxygen atoms in total. The van der Waals surface area contributed by atoms with Gasteiger partial charge in [-0.3, -0.25) is 14.3 Å². The van der Waals surface area contributed by atoms with Crippen LogP contribution in [0, 0.1) is 17.8 Å². The summed E-state index contributed by atoms with van der Waals surface area (Å²) in [5.41, 5.74) is 0.801. The minimum atomic E-state index is -0.765. The summed E-state index contributed by atoms with van der Waals surface area (Å²) >= 11 is 7.22. The molecule has 1 heterocycles. The van der Waals surface area contributed by atoms with Gasteiger partial charge in [-0.15, -0.1) is 0 Å². The molecule has 4 unspecified atom stereocenters. The van der Waals surface area contributed by atoms with Crippen molar-refractivity contribution in [2.75, 3.05) is 0 Å². The monoisotopic (exact) mass is 605 g/mol. The van der Waals surface area contributed by atoms with Gasteiger partial charge in [-0.25, -0.2) is 4.79 Å². The smallest absolute Gasteiger partial charge is 0.417 e. The third-order valence-electron chi connectivity index (χ3n) is 8.70. The van der Waals surface area contributed by atoms with E-state index in [9.17, 15) is 19.2 Å². The van der Waals surface area contributed by atoms with E-state index < -0.39 is 17.4 Å². The maximum atomic E-state index is 13.4. The van der Waals surface area contributed by atoms with E-state index in [1.807, 2.05) is 38.1 Å². The van der Waals surface area contributed by atoms with Crippen LogP contribution in [0.1, 0.15) is 90.0 Å². The predicted octanol–water partition coefficient (Wildman–Crippen LogP) is 5.75. The Bertz CT molecular complexity index is 1080. The normalized spacial score (nSPS) is 25.6. The molecule has 2 aliphatic carbocycles. The second kappa shape index (κ2) is 14.8. The fraction of sp³-hybridized carbons (Fsp3) is 0.677. The van der Waals surface area contributed by atoms with E-state index in [1.165, 1.54) is 6.42 Å². The molecule has 1 aliphatic heterocycles. The maximum Gasteiger partial charge on any atom is 0.417 e. The molecule has 3 amide bonds. The van der Waals surface area contributed by atoms with Crippen LogP contribution in [0.5, 0.6) is 0 Å². The van der Waals surface area contributed by atoms with Crippen molar-refractivity contribution in [2.45, 2.75) is 114 Å². The summed E-state index contributed by atoms with van der Waals surface area (Å²) in [6, 6.07) is 7.01. The summed E-state index contributed by atoms with van der Waals surface area (Å²) in [6.07, 6.45) is 10.6. The number of benzene rings is 1. The standard InChI is InChI=1S/C31H44ClN3O5S/c1-31(2)18-23(28(37)34-31)17-25(19-36)33-29(38)27(16-20-8-4-3-5-9-20)41-35-30(39)40-26-13-7-11-22(26)14-21-10-6-12-24(32)15-21/h6,10,12,15,19-20,22-23,25-27H,3-5,7-9,11,13-14,16-18H2,1-2H3,(H,33,38)(H,34,37)(H,35,39)/t22?,23?,25?,26?,27-/m0/s1. The lowest BCUT2D eigenvalue weighted by Crippen LogP contribution is -2.44. The van der Waals surface area contributed by atoms with Crippen LogP contribution >= 0.6 is 23.5 Å². The van der Waals surface area contributed by atoms with E-state index in [0.717, 1.165) is 68.9 Å². The number of nitrogens with one attached hydrogen (secondary N) is 3. The average molecular weight is 606 g/mol. The molecule has 0 bridgehead atoms. The molecule has 1 aromatic rings. The molecule has 3 aliphatic rings. The Kier molecular flexibility index (Phi) is 11.4. The Morgan fingerprint density at radius 1 is 1.15 bits per heavy atom. The number of carbonyl (C=O) groups is 4. The Balaban J connectivity index is 1.32. The maximum absolute atomic E-state index is 13.4. The van der Waals surface area contributed by atoms with Crippen molar-refractivity contribution < 1.29 is 23.9 Å². The molecule has 2 saturated carbocycles. The zero-order valence-corrected chi connectivity index (χ0v) is 25.7. The number of halogens is 1. The SMILES string of the molecule is CC1(C)CC(CC(C=O)NC(=O)[C@H](CC2CCCCC2)SNC(=O)OC2CCCC2Cc2cccc(Cl)c2)C(=O)N1. The number of amides is 3. The Morgan fingerprint density at radius 2 is 1.93 bits per heavy atom. The molecule has 0 radical (unpaired) electrons. The first-order valence-corrected chi connectivity index (χ1v) is 16.3. The summed E-state index contributed by atoms with van der Waals surface area (Å²) in [4.78, 5) is 50.6. The number of ether oxygens (including phenoxy) is 1. The third kappa shape index (κ3) is 9.63. The number of hydrogen-bond donors (Lipinski definition) is 3. The first kappa shape index (κ1) is 31.7. The second-order valence-electron chi connectivity index (χ2n) is 12.7. The second-order valence-corrected chi connectivity index (χ2v) is 14.1. The summed E-state index contributed by atoms with van der Waals surface area (Å²) in [6.45, 7) is 3.90. The largest absolute Gasteiger partial charge is 0.445 e. The number of carbonyl (C=O) groups excluding carboxylic acids is 4. The molecule has 5 atom stereocenters. The van der Waals surface area contributed by atoms with Crippen molar-refractivity contribution in [1.29, 1.82) is 0 Å². The molecule has 226 valence electrons. The van der Waals surface area contributed by atoms with Gasteiger partial charge in [0.15, 0.2) is 0 Å². The van der Waals surface area contributed by atoms with Gasteiger partial charge in [0.2, 0.25) is 11.8 Å². The van der Waals surface area contributed by atoms with Crippen molar-refractivity contribution in [2.24, 2.45) is 17.8 Å². The van der Waals surface area contributed by atoms with Crippen LogP contribution in [0.2, 0.25) is 5.02 Å². The first-order valence-electron chi connectivity index (χ1n) is 15.1. The van der Waals surface area contributed by atoms with Gasteiger partial charge in [0, 0.05) is 22.4 Å². The van der Waals surface area contributed by atoms with E-state index in [2.05, 4.69) is 15.4 Å². The predicted molar refractivity (Wildman–Crippen MR) is 161 cm³/mol. The van der Waals surface area contributed by atoms with Crippen LogP contribution < -0.4 is 15.4 Å². The molecule has 10 heteroatoms. The highest BCUT2D eigenvalue weighted by Crippen LogP contribution is 2.33. The highest BCUT2D eigenvalue weighted by molar-refractivity contribution is 7.99. The Hall–Kier alpha value is -2.26. The fourth-order valence-electron chi connectivity index (χ4n) is 6.69. The lowest BCUT2D eigenvalue weighted by Gasteiger charge is -2.27. The summed E-state index contributed by atoms with van der Waals surface area (Å²) < 4.78 is 8.61. The average Bonchev–Trinajstić information content (AvgIpc) is 3.47. The quantitative estimate of drug-likeness (QED) is 0.206. The first-order chi connectivity index (χ1) is 19.6. The molecule has 0 spiro atoms. The minimum Gasteiger partial charge on any atom is -0.445 e. The number of hydrogen-bond acceptors (Lipinski definition) is 6. The summed E-state index contributed by atoms with van der Waals surface area (Å²) in [5, 5.41) is 5.93. The van der Waals surface area contributed by atoms with Gasteiger partial charge in [0.25, 0.3) is 0 Å². The lowest BCUT2D eigenvalue weighted by atomic mass is 9.86.